The predicted molar refractivity (Wildman–Crippen MR) is 95.8 cm³/mol. The Kier molecular flexibility index (Phi) is 10.2. The summed E-state index contributed by atoms with van der Waals surface area (Å²) in [4.78, 5) is 23.4. The Balaban J connectivity index is 2.24. The van der Waals surface area contributed by atoms with E-state index in [4.69, 9.17) is 0 Å². The molecule has 4 nitrogen and oxygen atoms in total. The lowest BCUT2D eigenvalue weighted by atomic mass is 9.86. The molecule has 1 fully saturated rings. The van der Waals surface area contributed by atoms with Crippen molar-refractivity contribution in [3.8, 4) is 0 Å². The van der Waals surface area contributed by atoms with Crippen LogP contribution in [0.2, 0.25) is 0 Å². The number of ketones is 1. The zero-order chi connectivity index (χ0) is 18.7. The van der Waals surface area contributed by atoms with Crippen LogP contribution in [-0.4, -0.2) is 29.3 Å². The van der Waals surface area contributed by atoms with Gasteiger partial charge in [0.2, 0.25) is 0 Å². The van der Waals surface area contributed by atoms with Crippen LogP contribution >= 0.6 is 0 Å². The highest BCUT2D eigenvalue weighted by Crippen LogP contribution is 2.36. The minimum atomic E-state index is -2.89. The summed E-state index contributed by atoms with van der Waals surface area (Å²) < 4.78 is 18.3. The Hall–Kier alpha value is -0.970. The first kappa shape index (κ1) is 22.1. The van der Waals surface area contributed by atoms with Crippen molar-refractivity contribution in [2.45, 2.75) is 96.8 Å². The van der Waals surface area contributed by atoms with Crippen LogP contribution < -0.4 is 0 Å². The number of aliphatic hydroxyl groups is 1. The Morgan fingerprint density at radius 3 is 2.52 bits per heavy atom. The quantitative estimate of drug-likeness (QED) is 0.382. The molecule has 25 heavy (non-hydrogen) atoms. The summed E-state index contributed by atoms with van der Waals surface area (Å²) >= 11 is 0. The molecule has 1 unspecified atom stereocenters. The topological polar surface area (TPSA) is 63.6 Å². The van der Waals surface area contributed by atoms with Gasteiger partial charge >= 0.3 is 11.8 Å². The number of carbonyl (C=O) groups is 2. The average Bonchev–Trinajstić information content (AvgIpc) is 2.92. The minimum Gasteiger partial charge on any atom is -0.462 e. The second-order valence-electron chi connectivity index (χ2n) is 7.30. The van der Waals surface area contributed by atoms with Gasteiger partial charge in [0.15, 0.2) is 0 Å². The highest BCUT2D eigenvalue weighted by Gasteiger charge is 2.37. The zero-order valence-corrected chi connectivity index (χ0v) is 15.9. The number of esters is 1. The number of carbonyl (C=O) groups excluding carboxylic acids is 2. The molecule has 0 amide bonds. The molecule has 0 saturated heterocycles. The van der Waals surface area contributed by atoms with E-state index in [2.05, 4.69) is 11.7 Å². The van der Waals surface area contributed by atoms with E-state index >= 15 is 0 Å². The summed E-state index contributed by atoms with van der Waals surface area (Å²) in [7, 11) is 0. The van der Waals surface area contributed by atoms with E-state index in [1.807, 2.05) is 0 Å². The summed E-state index contributed by atoms with van der Waals surface area (Å²) in [5.41, 5.74) is 0. The Morgan fingerprint density at radius 2 is 1.84 bits per heavy atom. The number of hydrogen-bond donors (Lipinski definition) is 1. The maximum Gasteiger partial charge on any atom is 0.371 e. The molecule has 0 aromatic heterocycles. The largest absolute Gasteiger partial charge is 0.462 e. The monoisotopic (exact) mass is 358 g/mol. The van der Waals surface area contributed by atoms with Crippen molar-refractivity contribution in [2.24, 2.45) is 11.8 Å². The van der Waals surface area contributed by atoms with E-state index in [1.54, 1.807) is 6.92 Å². The molecule has 146 valence electrons. The molecule has 5 heteroatoms. The summed E-state index contributed by atoms with van der Waals surface area (Å²) in [5, 5.41) is 9.45. The van der Waals surface area contributed by atoms with E-state index in [1.165, 1.54) is 25.7 Å². The SMILES string of the molecule is CCCCCC[C@H]1CCC(=O)[C@@H]1CCCCCC(O)(F)C(=O)OCC. The third-order valence-corrected chi connectivity index (χ3v) is 5.28. The predicted octanol–water partition coefficient (Wildman–Crippen LogP) is 4.72. The van der Waals surface area contributed by atoms with Crippen LogP contribution in [0.25, 0.3) is 0 Å². The maximum atomic E-state index is 13.8. The lowest BCUT2D eigenvalue weighted by Crippen LogP contribution is -2.35. The highest BCUT2D eigenvalue weighted by molar-refractivity contribution is 5.83. The number of rotatable bonds is 13. The van der Waals surface area contributed by atoms with E-state index in [0.717, 1.165) is 25.7 Å². The first-order chi connectivity index (χ1) is 11.9. The second-order valence-corrected chi connectivity index (χ2v) is 7.30. The summed E-state index contributed by atoms with van der Waals surface area (Å²) in [6, 6.07) is 0. The smallest absolute Gasteiger partial charge is 0.371 e. The molecule has 0 radical (unpaired) electrons. The molecule has 0 aliphatic heterocycles. The molecule has 1 rings (SSSR count). The van der Waals surface area contributed by atoms with Gasteiger partial charge in [-0.05, 0) is 38.5 Å². The molecule has 1 N–H and O–H groups in total. The fourth-order valence-electron chi connectivity index (χ4n) is 3.80. The fraction of sp³-hybridized carbons (Fsp3) is 0.900. The third-order valence-electron chi connectivity index (χ3n) is 5.28. The van der Waals surface area contributed by atoms with E-state index in [-0.39, 0.29) is 18.9 Å². The summed E-state index contributed by atoms with van der Waals surface area (Å²) in [5.74, 6) is -3.03. The number of ether oxygens (including phenoxy) is 1. The third kappa shape index (κ3) is 7.85. The molecule has 1 aliphatic rings. The molecular weight excluding hydrogens is 323 g/mol. The number of Topliss-reactive ketones (excluding diaryl/α,β-unsaturated/α-hetero) is 1. The number of alkyl halides is 1. The van der Waals surface area contributed by atoms with Crippen LogP contribution in [0.1, 0.15) is 90.9 Å². The van der Waals surface area contributed by atoms with Gasteiger partial charge in [0.25, 0.3) is 0 Å². The first-order valence-corrected chi connectivity index (χ1v) is 10.0. The molecule has 3 atom stereocenters. The summed E-state index contributed by atoms with van der Waals surface area (Å²) in [6.45, 7) is 3.82. The number of unbranched alkanes of at least 4 members (excludes halogenated alkanes) is 5. The number of hydrogen-bond acceptors (Lipinski definition) is 4. The van der Waals surface area contributed by atoms with Crippen molar-refractivity contribution in [2.75, 3.05) is 6.61 Å². The van der Waals surface area contributed by atoms with Crippen LogP contribution in [0.4, 0.5) is 4.39 Å². The Bertz CT molecular complexity index is 409. The van der Waals surface area contributed by atoms with E-state index in [0.29, 0.717) is 31.0 Å². The van der Waals surface area contributed by atoms with Crippen LogP contribution in [0.15, 0.2) is 0 Å². The standard InChI is InChI=1S/C20H35FO4/c1-3-5-6-8-11-16-13-14-18(22)17(16)12-9-7-10-15-20(21,24)19(23)25-4-2/h16-17,24H,3-15H2,1-2H3/t16-,17+,20?/m0/s1. The normalized spacial score (nSPS) is 22.8. The Labute approximate surface area is 151 Å². The van der Waals surface area contributed by atoms with Gasteiger partial charge in [-0.1, -0.05) is 45.4 Å². The van der Waals surface area contributed by atoms with Gasteiger partial charge in [-0.3, -0.25) is 4.79 Å². The van der Waals surface area contributed by atoms with Crippen molar-refractivity contribution >= 4 is 11.8 Å². The van der Waals surface area contributed by atoms with Gasteiger partial charge in [0, 0.05) is 18.8 Å². The van der Waals surface area contributed by atoms with Gasteiger partial charge in [-0.15, -0.1) is 0 Å². The van der Waals surface area contributed by atoms with Crippen LogP contribution in [-0.2, 0) is 14.3 Å². The second kappa shape index (κ2) is 11.6. The van der Waals surface area contributed by atoms with Gasteiger partial charge in [-0.25, -0.2) is 4.79 Å². The first-order valence-electron chi connectivity index (χ1n) is 10.0. The van der Waals surface area contributed by atoms with Gasteiger partial charge in [0.1, 0.15) is 5.78 Å². The van der Waals surface area contributed by atoms with Crippen molar-refractivity contribution in [3.05, 3.63) is 0 Å². The fourth-order valence-corrected chi connectivity index (χ4v) is 3.80. The molecule has 0 bridgehead atoms. The molecule has 0 aromatic carbocycles. The van der Waals surface area contributed by atoms with Gasteiger partial charge in [-0.2, -0.15) is 4.39 Å². The summed E-state index contributed by atoms with van der Waals surface area (Å²) in [6.07, 6.45) is 10.4. The molecule has 1 aliphatic carbocycles. The number of halogens is 1. The van der Waals surface area contributed by atoms with E-state index in [9.17, 15) is 19.1 Å². The van der Waals surface area contributed by atoms with Crippen LogP contribution in [0.3, 0.4) is 0 Å². The Morgan fingerprint density at radius 1 is 1.16 bits per heavy atom. The van der Waals surface area contributed by atoms with Crippen molar-refractivity contribution in [1.29, 1.82) is 0 Å². The minimum absolute atomic E-state index is 0.0501. The van der Waals surface area contributed by atoms with Crippen molar-refractivity contribution < 1.29 is 23.8 Å². The van der Waals surface area contributed by atoms with Crippen molar-refractivity contribution in [3.63, 3.8) is 0 Å². The van der Waals surface area contributed by atoms with Gasteiger partial charge in [0.05, 0.1) is 6.61 Å². The van der Waals surface area contributed by atoms with Gasteiger partial charge < -0.3 is 9.84 Å². The zero-order valence-electron chi connectivity index (χ0n) is 15.9. The van der Waals surface area contributed by atoms with Crippen LogP contribution in [0, 0.1) is 11.8 Å². The lowest BCUT2D eigenvalue weighted by Gasteiger charge is -2.19. The molecular formula is C20H35FO4. The lowest BCUT2D eigenvalue weighted by molar-refractivity contribution is -0.188. The maximum absolute atomic E-state index is 13.8. The average molecular weight is 358 g/mol. The molecule has 0 spiro atoms. The highest BCUT2D eigenvalue weighted by atomic mass is 19.2. The van der Waals surface area contributed by atoms with Crippen LogP contribution in [0.5, 0.6) is 0 Å². The molecule has 0 heterocycles. The molecule has 1 saturated carbocycles. The molecule has 0 aromatic rings. The van der Waals surface area contributed by atoms with E-state index < -0.39 is 11.8 Å². The van der Waals surface area contributed by atoms with Crippen molar-refractivity contribution in [1.82, 2.24) is 0 Å².